The maximum absolute atomic E-state index is 11.7. The third-order valence-electron chi connectivity index (χ3n) is 2.37. The molecule has 0 fully saturated rings. The van der Waals surface area contributed by atoms with E-state index < -0.39 is 10.0 Å². The summed E-state index contributed by atoms with van der Waals surface area (Å²) in [7, 11) is -1.71. The van der Waals surface area contributed by atoms with Gasteiger partial charge in [-0.1, -0.05) is 28.1 Å². The van der Waals surface area contributed by atoms with Crippen molar-refractivity contribution in [1.29, 1.82) is 0 Å². The van der Waals surface area contributed by atoms with Crippen molar-refractivity contribution < 1.29 is 13.2 Å². The molecule has 0 aromatic heterocycles. The van der Waals surface area contributed by atoms with E-state index in [2.05, 4.69) is 20.7 Å². The standard InChI is InChI=1S/C12H18BrNO3S/c1-17-9-2-10-18(15,16)14-12-5-3-11(4-6-12)7-8-13/h3-6,14H,2,7-10H2,1H3. The number of benzene rings is 1. The van der Waals surface area contributed by atoms with Crippen molar-refractivity contribution in [3.05, 3.63) is 29.8 Å². The Morgan fingerprint density at radius 2 is 1.94 bits per heavy atom. The van der Waals surface area contributed by atoms with E-state index >= 15 is 0 Å². The number of rotatable bonds is 8. The lowest BCUT2D eigenvalue weighted by atomic mass is 10.2. The summed E-state index contributed by atoms with van der Waals surface area (Å²) in [5.74, 6) is 0.0734. The van der Waals surface area contributed by atoms with Crippen LogP contribution in [0.1, 0.15) is 12.0 Å². The molecule has 0 aliphatic rings. The van der Waals surface area contributed by atoms with Crippen molar-refractivity contribution in [2.45, 2.75) is 12.8 Å². The van der Waals surface area contributed by atoms with Crippen molar-refractivity contribution in [1.82, 2.24) is 0 Å². The Labute approximate surface area is 117 Å². The first-order valence-electron chi connectivity index (χ1n) is 5.72. The van der Waals surface area contributed by atoms with Crippen molar-refractivity contribution >= 4 is 31.6 Å². The third kappa shape index (κ3) is 5.84. The monoisotopic (exact) mass is 335 g/mol. The van der Waals surface area contributed by atoms with Crippen LogP contribution in [-0.4, -0.2) is 33.2 Å². The van der Waals surface area contributed by atoms with Gasteiger partial charge in [-0.15, -0.1) is 0 Å². The van der Waals surface area contributed by atoms with Gasteiger partial charge in [0.15, 0.2) is 0 Å². The number of halogens is 1. The molecular weight excluding hydrogens is 318 g/mol. The lowest BCUT2D eigenvalue weighted by Gasteiger charge is -2.08. The minimum Gasteiger partial charge on any atom is -0.385 e. The molecule has 0 unspecified atom stereocenters. The molecule has 1 aromatic rings. The summed E-state index contributed by atoms with van der Waals surface area (Å²) in [5.41, 5.74) is 1.78. The number of nitrogens with one attached hydrogen (secondary N) is 1. The van der Waals surface area contributed by atoms with Crippen LogP contribution >= 0.6 is 15.9 Å². The molecule has 0 aliphatic heterocycles. The number of alkyl halides is 1. The average molecular weight is 336 g/mol. The number of ether oxygens (including phenoxy) is 1. The van der Waals surface area contributed by atoms with Gasteiger partial charge in [-0.3, -0.25) is 4.72 Å². The van der Waals surface area contributed by atoms with E-state index in [1.54, 1.807) is 19.2 Å². The van der Waals surface area contributed by atoms with Gasteiger partial charge in [-0.2, -0.15) is 0 Å². The fraction of sp³-hybridized carbons (Fsp3) is 0.500. The fourth-order valence-corrected chi connectivity index (χ4v) is 3.03. The minimum absolute atomic E-state index is 0.0734. The van der Waals surface area contributed by atoms with Gasteiger partial charge in [0.2, 0.25) is 10.0 Å². The predicted molar refractivity (Wildman–Crippen MR) is 77.8 cm³/mol. The van der Waals surface area contributed by atoms with Crippen LogP contribution in [0.15, 0.2) is 24.3 Å². The summed E-state index contributed by atoms with van der Waals surface area (Å²) in [4.78, 5) is 0. The Balaban J connectivity index is 2.55. The molecule has 0 aliphatic carbocycles. The van der Waals surface area contributed by atoms with Gasteiger partial charge in [0.25, 0.3) is 0 Å². The Morgan fingerprint density at radius 3 is 2.50 bits per heavy atom. The third-order valence-corrected chi connectivity index (χ3v) is 4.14. The number of hydrogen-bond acceptors (Lipinski definition) is 3. The summed E-state index contributed by atoms with van der Waals surface area (Å²) in [6.45, 7) is 0.450. The topological polar surface area (TPSA) is 55.4 Å². The van der Waals surface area contributed by atoms with Gasteiger partial charge in [0, 0.05) is 24.7 Å². The van der Waals surface area contributed by atoms with Gasteiger partial charge >= 0.3 is 0 Å². The zero-order valence-electron chi connectivity index (χ0n) is 10.4. The lowest BCUT2D eigenvalue weighted by molar-refractivity contribution is 0.199. The highest BCUT2D eigenvalue weighted by atomic mass is 79.9. The summed E-state index contributed by atoms with van der Waals surface area (Å²) in [5, 5.41) is 0.898. The van der Waals surface area contributed by atoms with Gasteiger partial charge in [0.1, 0.15) is 0 Å². The van der Waals surface area contributed by atoms with Crippen molar-refractivity contribution in [3.8, 4) is 0 Å². The van der Waals surface area contributed by atoms with E-state index in [4.69, 9.17) is 4.74 Å². The SMILES string of the molecule is COCCCS(=O)(=O)Nc1ccc(CCBr)cc1. The number of aryl methyl sites for hydroxylation is 1. The molecule has 4 nitrogen and oxygen atoms in total. The summed E-state index contributed by atoms with van der Waals surface area (Å²) < 4.78 is 30.8. The van der Waals surface area contributed by atoms with Crippen molar-refractivity contribution in [3.63, 3.8) is 0 Å². The average Bonchev–Trinajstić information content (AvgIpc) is 2.32. The van der Waals surface area contributed by atoms with E-state index in [1.807, 2.05) is 12.1 Å². The van der Waals surface area contributed by atoms with Crippen LogP contribution in [-0.2, 0) is 21.2 Å². The Hall–Kier alpha value is -0.590. The number of hydrogen-bond donors (Lipinski definition) is 1. The van der Waals surface area contributed by atoms with Crippen LogP contribution in [0.2, 0.25) is 0 Å². The van der Waals surface area contributed by atoms with E-state index in [-0.39, 0.29) is 5.75 Å². The van der Waals surface area contributed by atoms with Crippen LogP contribution in [0.3, 0.4) is 0 Å². The second-order valence-corrected chi connectivity index (χ2v) is 6.54. The molecule has 0 bridgehead atoms. The Kier molecular flexibility index (Phi) is 6.67. The smallest absolute Gasteiger partial charge is 0.232 e. The second kappa shape index (κ2) is 7.76. The van der Waals surface area contributed by atoms with Crippen LogP contribution in [0, 0.1) is 0 Å². The van der Waals surface area contributed by atoms with E-state index in [0.717, 1.165) is 11.8 Å². The van der Waals surface area contributed by atoms with Crippen molar-refractivity contribution in [2.75, 3.05) is 29.5 Å². The Morgan fingerprint density at radius 1 is 1.28 bits per heavy atom. The van der Waals surface area contributed by atoms with Crippen LogP contribution in [0.25, 0.3) is 0 Å². The van der Waals surface area contributed by atoms with E-state index in [0.29, 0.717) is 18.7 Å². The quantitative estimate of drug-likeness (QED) is 0.586. The molecule has 0 spiro atoms. The first-order chi connectivity index (χ1) is 8.57. The summed E-state index contributed by atoms with van der Waals surface area (Å²) >= 11 is 3.37. The number of anilines is 1. The first-order valence-corrected chi connectivity index (χ1v) is 8.49. The molecule has 0 heterocycles. The fourth-order valence-electron chi connectivity index (χ4n) is 1.47. The number of methoxy groups -OCH3 is 1. The van der Waals surface area contributed by atoms with Crippen molar-refractivity contribution in [2.24, 2.45) is 0 Å². The maximum atomic E-state index is 11.7. The molecule has 0 saturated carbocycles. The molecule has 0 amide bonds. The highest BCUT2D eigenvalue weighted by molar-refractivity contribution is 9.09. The second-order valence-electron chi connectivity index (χ2n) is 3.90. The van der Waals surface area contributed by atoms with Crippen LogP contribution in [0.4, 0.5) is 5.69 Å². The zero-order chi connectivity index (χ0) is 13.4. The maximum Gasteiger partial charge on any atom is 0.232 e. The van der Waals surface area contributed by atoms with Crippen LogP contribution in [0.5, 0.6) is 0 Å². The van der Waals surface area contributed by atoms with E-state index in [1.165, 1.54) is 5.56 Å². The molecule has 1 rings (SSSR count). The Bertz CT molecular complexity index is 445. The first kappa shape index (κ1) is 15.5. The molecule has 1 N–H and O–H groups in total. The summed E-state index contributed by atoms with van der Waals surface area (Å²) in [6, 6.07) is 7.42. The molecule has 0 saturated heterocycles. The highest BCUT2D eigenvalue weighted by Gasteiger charge is 2.09. The predicted octanol–water partition coefficient (Wildman–Crippen LogP) is 2.40. The molecule has 6 heteroatoms. The molecule has 18 heavy (non-hydrogen) atoms. The lowest BCUT2D eigenvalue weighted by Crippen LogP contribution is -2.17. The van der Waals surface area contributed by atoms with E-state index in [9.17, 15) is 8.42 Å². The molecule has 102 valence electrons. The van der Waals surface area contributed by atoms with Gasteiger partial charge in [-0.25, -0.2) is 8.42 Å². The molecule has 1 aromatic carbocycles. The van der Waals surface area contributed by atoms with Gasteiger partial charge < -0.3 is 4.74 Å². The largest absolute Gasteiger partial charge is 0.385 e. The highest BCUT2D eigenvalue weighted by Crippen LogP contribution is 2.12. The van der Waals surface area contributed by atoms with Gasteiger partial charge in [0.05, 0.1) is 5.75 Å². The molecule has 0 atom stereocenters. The minimum atomic E-state index is -3.27. The molecule has 0 radical (unpaired) electrons. The molecular formula is C12H18BrNO3S. The zero-order valence-corrected chi connectivity index (χ0v) is 12.8. The summed E-state index contributed by atoms with van der Waals surface area (Å²) in [6.07, 6.45) is 1.42. The van der Waals surface area contributed by atoms with Crippen LogP contribution < -0.4 is 4.72 Å². The normalized spacial score (nSPS) is 11.4. The van der Waals surface area contributed by atoms with Gasteiger partial charge in [-0.05, 0) is 30.5 Å². The number of sulfonamides is 1.